The molecule has 0 N–H and O–H groups in total. The third-order valence-electron chi connectivity index (χ3n) is 3.43. The predicted molar refractivity (Wildman–Crippen MR) is 82.4 cm³/mol. The van der Waals surface area contributed by atoms with E-state index in [0.717, 1.165) is 40.2 Å². The first-order chi connectivity index (χ1) is 9.55. The summed E-state index contributed by atoms with van der Waals surface area (Å²) < 4.78 is 7.87. The monoisotopic (exact) mass is 292 g/mol. The van der Waals surface area contributed by atoms with Crippen molar-refractivity contribution in [2.24, 2.45) is 7.05 Å². The van der Waals surface area contributed by atoms with Crippen LogP contribution < -0.4 is 4.74 Å². The lowest BCUT2D eigenvalue weighted by atomic mass is 10.1. The van der Waals surface area contributed by atoms with Crippen LogP contribution in [0, 0.1) is 13.8 Å². The van der Waals surface area contributed by atoms with Crippen molar-refractivity contribution in [2.45, 2.75) is 39.7 Å². The van der Waals surface area contributed by atoms with Gasteiger partial charge in [0, 0.05) is 12.9 Å². The molecule has 0 fully saturated rings. The van der Waals surface area contributed by atoms with Crippen LogP contribution in [0.1, 0.15) is 35.0 Å². The Hall–Kier alpha value is -1.48. The Morgan fingerprint density at radius 2 is 1.85 bits per heavy atom. The van der Waals surface area contributed by atoms with Gasteiger partial charge in [-0.25, -0.2) is 0 Å². The van der Waals surface area contributed by atoms with Gasteiger partial charge in [-0.05, 0) is 43.0 Å². The molecule has 108 valence electrons. The van der Waals surface area contributed by atoms with Crippen LogP contribution in [0.5, 0.6) is 5.75 Å². The standard InChI is InChI=1S/C16H21ClN2O/c1-5-14-8-15(19(4)18-14)10-20-16-11(2)6-13(9-17)7-12(16)3/h6-8H,5,9-10H2,1-4H3. The minimum absolute atomic E-state index is 0.531. The molecule has 0 saturated carbocycles. The average molecular weight is 293 g/mol. The van der Waals surface area contributed by atoms with Gasteiger partial charge in [-0.1, -0.05) is 19.1 Å². The van der Waals surface area contributed by atoms with Crippen LogP contribution in [0.4, 0.5) is 0 Å². The van der Waals surface area contributed by atoms with Gasteiger partial charge < -0.3 is 4.74 Å². The molecule has 0 radical (unpaired) electrons. The fraction of sp³-hybridized carbons (Fsp3) is 0.438. The summed E-state index contributed by atoms with van der Waals surface area (Å²) >= 11 is 5.88. The minimum Gasteiger partial charge on any atom is -0.487 e. The summed E-state index contributed by atoms with van der Waals surface area (Å²) in [6, 6.07) is 6.25. The molecule has 0 spiro atoms. The van der Waals surface area contributed by atoms with Crippen molar-refractivity contribution < 1.29 is 4.74 Å². The largest absolute Gasteiger partial charge is 0.487 e. The number of halogens is 1. The van der Waals surface area contributed by atoms with Crippen molar-refractivity contribution in [1.82, 2.24) is 9.78 Å². The molecule has 1 aromatic carbocycles. The number of ether oxygens (including phenoxy) is 1. The lowest BCUT2D eigenvalue weighted by Gasteiger charge is -2.13. The highest BCUT2D eigenvalue weighted by Gasteiger charge is 2.09. The molecule has 0 atom stereocenters. The van der Waals surface area contributed by atoms with Gasteiger partial charge in [-0.3, -0.25) is 4.68 Å². The van der Waals surface area contributed by atoms with Gasteiger partial charge in [0.05, 0.1) is 11.4 Å². The Bertz CT molecular complexity index is 582. The van der Waals surface area contributed by atoms with E-state index in [1.54, 1.807) is 0 Å². The number of hydrogen-bond acceptors (Lipinski definition) is 2. The van der Waals surface area contributed by atoms with Crippen LogP contribution in [0.25, 0.3) is 0 Å². The first kappa shape index (κ1) is 14.9. The highest BCUT2D eigenvalue weighted by Crippen LogP contribution is 2.26. The maximum absolute atomic E-state index is 5.99. The normalized spacial score (nSPS) is 10.8. The van der Waals surface area contributed by atoms with E-state index in [-0.39, 0.29) is 0 Å². The summed E-state index contributed by atoms with van der Waals surface area (Å²) in [4.78, 5) is 0. The van der Waals surface area contributed by atoms with Crippen LogP contribution in [-0.2, 0) is 26.0 Å². The zero-order valence-electron chi connectivity index (χ0n) is 12.5. The second-order valence-corrected chi connectivity index (χ2v) is 5.35. The molecular formula is C16H21ClN2O. The van der Waals surface area contributed by atoms with Gasteiger partial charge >= 0.3 is 0 Å². The average Bonchev–Trinajstić information content (AvgIpc) is 2.78. The molecule has 0 saturated heterocycles. The van der Waals surface area contributed by atoms with Crippen molar-refractivity contribution in [3.63, 3.8) is 0 Å². The van der Waals surface area contributed by atoms with E-state index in [0.29, 0.717) is 12.5 Å². The van der Waals surface area contributed by atoms with Gasteiger partial charge in [0.15, 0.2) is 0 Å². The third kappa shape index (κ3) is 3.15. The smallest absolute Gasteiger partial charge is 0.130 e. The molecule has 0 bridgehead atoms. The third-order valence-corrected chi connectivity index (χ3v) is 3.74. The van der Waals surface area contributed by atoms with Gasteiger partial charge in [0.25, 0.3) is 0 Å². The van der Waals surface area contributed by atoms with Crippen molar-refractivity contribution in [3.8, 4) is 5.75 Å². The van der Waals surface area contributed by atoms with E-state index >= 15 is 0 Å². The molecule has 0 aliphatic heterocycles. The topological polar surface area (TPSA) is 27.1 Å². The summed E-state index contributed by atoms with van der Waals surface area (Å²) in [6.45, 7) is 6.75. The first-order valence-corrected chi connectivity index (χ1v) is 7.39. The van der Waals surface area contributed by atoms with Crippen LogP contribution in [0.3, 0.4) is 0 Å². The molecule has 1 aromatic heterocycles. The lowest BCUT2D eigenvalue weighted by molar-refractivity contribution is 0.291. The second-order valence-electron chi connectivity index (χ2n) is 5.09. The molecule has 20 heavy (non-hydrogen) atoms. The number of benzene rings is 1. The molecule has 0 amide bonds. The number of nitrogens with zero attached hydrogens (tertiary/aromatic N) is 2. The second kappa shape index (κ2) is 6.31. The van der Waals surface area contributed by atoms with E-state index in [2.05, 4.69) is 44.1 Å². The molecule has 1 heterocycles. The predicted octanol–water partition coefficient (Wildman–Crippen LogP) is 3.92. The van der Waals surface area contributed by atoms with Crippen LogP contribution in [0.2, 0.25) is 0 Å². The highest BCUT2D eigenvalue weighted by atomic mass is 35.5. The van der Waals surface area contributed by atoms with Crippen molar-refractivity contribution in [1.29, 1.82) is 0 Å². The van der Waals surface area contributed by atoms with E-state index in [4.69, 9.17) is 16.3 Å². The highest BCUT2D eigenvalue weighted by molar-refractivity contribution is 6.17. The molecule has 2 rings (SSSR count). The van der Waals surface area contributed by atoms with Gasteiger partial charge in [0.1, 0.15) is 12.4 Å². The number of alkyl halides is 1. The summed E-state index contributed by atoms with van der Waals surface area (Å²) in [7, 11) is 1.95. The quantitative estimate of drug-likeness (QED) is 0.781. The Balaban J connectivity index is 2.16. The minimum atomic E-state index is 0.531. The summed E-state index contributed by atoms with van der Waals surface area (Å²) in [5, 5.41) is 4.43. The SMILES string of the molecule is CCc1cc(COc2c(C)cc(CCl)cc2C)n(C)n1. The molecule has 2 aromatic rings. The van der Waals surface area contributed by atoms with Crippen molar-refractivity contribution in [2.75, 3.05) is 0 Å². The zero-order valence-corrected chi connectivity index (χ0v) is 13.3. The van der Waals surface area contributed by atoms with Gasteiger partial charge in [0.2, 0.25) is 0 Å². The maximum Gasteiger partial charge on any atom is 0.130 e. The van der Waals surface area contributed by atoms with E-state index in [1.807, 2.05) is 11.7 Å². The van der Waals surface area contributed by atoms with Gasteiger partial charge in [-0.15, -0.1) is 11.6 Å². The summed E-state index contributed by atoms with van der Waals surface area (Å²) in [5.41, 5.74) is 5.55. The van der Waals surface area contributed by atoms with E-state index < -0.39 is 0 Å². The number of aryl methyl sites for hydroxylation is 4. The molecule has 0 unspecified atom stereocenters. The Morgan fingerprint density at radius 3 is 2.35 bits per heavy atom. The summed E-state index contributed by atoms with van der Waals surface area (Å²) in [6.07, 6.45) is 0.941. The Labute approximate surface area is 125 Å². The zero-order chi connectivity index (χ0) is 14.7. The molecule has 3 nitrogen and oxygen atoms in total. The number of aromatic nitrogens is 2. The van der Waals surface area contributed by atoms with Crippen molar-refractivity contribution in [3.05, 3.63) is 46.3 Å². The van der Waals surface area contributed by atoms with Crippen molar-refractivity contribution >= 4 is 11.6 Å². The number of rotatable bonds is 5. The first-order valence-electron chi connectivity index (χ1n) is 6.85. The molecule has 0 aliphatic carbocycles. The number of hydrogen-bond donors (Lipinski definition) is 0. The molecule has 4 heteroatoms. The van der Waals surface area contributed by atoms with Gasteiger partial charge in [-0.2, -0.15) is 5.10 Å². The fourth-order valence-electron chi connectivity index (χ4n) is 2.37. The molecular weight excluding hydrogens is 272 g/mol. The lowest BCUT2D eigenvalue weighted by Crippen LogP contribution is -2.05. The van der Waals surface area contributed by atoms with E-state index in [1.165, 1.54) is 0 Å². The van der Waals surface area contributed by atoms with Crippen LogP contribution in [-0.4, -0.2) is 9.78 Å². The van der Waals surface area contributed by atoms with Crippen LogP contribution in [0.15, 0.2) is 18.2 Å². The Kier molecular flexibility index (Phi) is 4.71. The van der Waals surface area contributed by atoms with E-state index in [9.17, 15) is 0 Å². The Morgan fingerprint density at radius 1 is 1.20 bits per heavy atom. The fourth-order valence-corrected chi connectivity index (χ4v) is 2.52. The summed E-state index contributed by atoms with van der Waals surface area (Å²) in [5.74, 6) is 1.47. The maximum atomic E-state index is 5.99. The molecule has 0 aliphatic rings. The van der Waals surface area contributed by atoms with Crippen LogP contribution >= 0.6 is 11.6 Å².